The summed E-state index contributed by atoms with van der Waals surface area (Å²) < 4.78 is 0. The van der Waals surface area contributed by atoms with E-state index in [4.69, 9.17) is 0 Å². The van der Waals surface area contributed by atoms with Crippen molar-refractivity contribution in [2.45, 2.75) is 44.4 Å². The molecule has 0 bridgehead atoms. The Morgan fingerprint density at radius 2 is 2.04 bits per heavy atom. The van der Waals surface area contributed by atoms with Crippen LogP contribution in [0.15, 0.2) is 59.7 Å². The molecule has 4 rings (SSSR count). The number of pyridine rings is 2. The molecule has 1 saturated carbocycles. The monoisotopic (exact) mass is 332 g/mol. The number of fused-ring (bicyclic) bond motifs is 1. The van der Waals surface area contributed by atoms with Crippen LogP contribution in [0.25, 0.3) is 10.9 Å². The lowest BCUT2D eigenvalue weighted by molar-refractivity contribution is 0.455. The molecule has 0 aliphatic heterocycles. The molecule has 25 heavy (non-hydrogen) atoms. The molecular formula is C22H24N2O. The second-order valence-corrected chi connectivity index (χ2v) is 7.42. The lowest BCUT2D eigenvalue weighted by Gasteiger charge is -2.18. The van der Waals surface area contributed by atoms with E-state index in [0.717, 1.165) is 11.4 Å². The van der Waals surface area contributed by atoms with Gasteiger partial charge in [0, 0.05) is 23.8 Å². The summed E-state index contributed by atoms with van der Waals surface area (Å²) in [5.41, 5.74) is 3.77. The Balaban J connectivity index is 1.47. The van der Waals surface area contributed by atoms with Gasteiger partial charge in [0.05, 0.1) is 5.52 Å². The van der Waals surface area contributed by atoms with Gasteiger partial charge >= 0.3 is 0 Å². The van der Waals surface area contributed by atoms with Crippen LogP contribution in [0.5, 0.6) is 0 Å². The average Bonchev–Trinajstić information content (AvgIpc) is 3.10. The highest BCUT2D eigenvalue weighted by Gasteiger charge is 2.27. The first-order valence-corrected chi connectivity index (χ1v) is 9.23. The lowest BCUT2D eigenvalue weighted by atomic mass is 9.87. The van der Waals surface area contributed by atoms with Crippen molar-refractivity contribution in [1.82, 2.24) is 9.97 Å². The van der Waals surface area contributed by atoms with E-state index >= 15 is 0 Å². The van der Waals surface area contributed by atoms with Crippen molar-refractivity contribution in [2.75, 3.05) is 0 Å². The molecule has 0 spiro atoms. The van der Waals surface area contributed by atoms with Crippen molar-refractivity contribution in [3.8, 4) is 0 Å². The van der Waals surface area contributed by atoms with Crippen LogP contribution in [-0.2, 0) is 0 Å². The van der Waals surface area contributed by atoms with Crippen molar-refractivity contribution in [3.63, 3.8) is 0 Å². The van der Waals surface area contributed by atoms with Crippen molar-refractivity contribution in [2.24, 2.45) is 5.92 Å². The van der Waals surface area contributed by atoms with Crippen molar-refractivity contribution in [3.05, 3.63) is 76.3 Å². The van der Waals surface area contributed by atoms with Crippen LogP contribution in [0.2, 0.25) is 0 Å². The fraction of sp³-hybridized carbons (Fsp3) is 0.364. The molecule has 128 valence electrons. The standard InChI is InChI=1S/C22H24N2O/c1-15(20-6-2-4-17-5-3-11-23-22(17)20)12-16-7-8-18(13-16)19-9-10-21(25)24-14-19/h2-6,9-11,14-16,18H,7-8,12-13H2,1H3,(H,24,25)/t15-,16?,18-/m0/s1. The van der Waals surface area contributed by atoms with E-state index in [1.54, 1.807) is 6.07 Å². The Bertz CT molecular complexity index is 905. The molecule has 1 N–H and O–H groups in total. The van der Waals surface area contributed by atoms with Gasteiger partial charge in [0.25, 0.3) is 0 Å². The van der Waals surface area contributed by atoms with Crippen LogP contribution in [0, 0.1) is 5.92 Å². The number of aromatic amines is 1. The van der Waals surface area contributed by atoms with Gasteiger partial charge in [-0.25, -0.2) is 0 Å². The van der Waals surface area contributed by atoms with E-state index in [9.17, 15) is 4.79 Å². The normalized spacial score (nSPS) is 21.5. The largest absolute Gasteiger partial charge is 0.329 e. The number of benzene rings is 1. The van der Waals surface area contributed by atoms with Crippen LogP contribution >= 0.6 is 0 Å². The molecule has 2 heterocycles. The molecule has 1 aliphatic rings. The van der Waals surface area contributed by atoms with Gasteiger partial charge in [-0.05, 0) is 60.6 Å². The van der Waals surface area contributed by atoms with Gasteiger partial charge in [-0.15, -0.1) is 0 Å². The highest BCUT2D eigenvalue weighted by molar-refractivity contribution is 5.82. The van der Waals surface area contributed by atoms with Gasteiger partial charge < -0.3 is 4.98 Å². The lowest BCUT2D eigenvalue weighted by Crippen LogP contribution is -2.06. The maximum atomic E-state index is 11.2. The number of para-hydroxylation sites is 1. The molecule has 1 unspecified atom stereocenters. The first-order valence-electron chi connectivity index (χ1n) is 9.23. The second kappa shape index (κ2) is 6.83. The zero-order valence-electron chi connectivity index (χ0n) is 14.6. The molecule has 1 fully saturated rings. The molecule has 3 nitrogen and oxygen atoms in total. The Kier molecular flexibility index (Phi) is 4.39. The van der Waals surface area contributed by atoms with Gasteiger partial charge in [0.2, 0.25) is 5.56 Å². The van der Waals surface area contributed by atoms with E-state index in [0.29, 0.717) is 11.8 Å². The van der Waals surface area contributed by atoms with Gasteiger partial charge in [0.1, 0.15) is 0 Å². The summed E-state index contributed by atoms with van der Waals surface area (Å²) in [6, 6.07) is 14.3. The fourth-order valence-electron chi connectivity index (χ4n) is 4.42. The van der Waals surface area contributed by atoms with Crippen LogP contribution in [0.3, 0.4) is 0 Å². The fourth-order valence-corrected chi connectivity index (χ4v) is 4.42. The molecule has 2 aromatic heterocycles. The molecule has 3 heteroatoms. The van der Waals surface area contributed by atoms with Gasteiger partial charge in [-0.3, -0.25) is 9.78 Å². The number of H-pyrrole nitrogens is 1. The van der Waals surface area contributed by atoms with Gasteiger partial charge in [-0.2, -0.15) is 0 Å². The first-order chi connectivity index (χ1) is 12.2. The quantitative estimate of drug-likeness (QED) is 0.730. The highest BCUT2D eigenvalue weighted by atomic mass is 16.1. The Labute approximate surface area is 148 Å². The maximum absolute atomic E-state index is 11.2. The highest BCUT2D eigenvalue weighted by Crippen LogP contribution is 2.42. The molecule has 1 aliphatic carbocycles. The molecule has 3 atom stereocenters. The minimum atomic E-state index is -0.0182. The zero-order valence-corrected chi connectivity index (χ0v) is 14.6. The number of hydrogen-bond donors (Lipinski definition) is 1. The van der Waals surface area contributed by atoms with E-state index in [2.05, 4.69) is 41.2 Å². The summed E-state index contributed by atoms with van der Waals surface area (Å²) in [6.45, 7) is 2.33. The van der Waals surface area contributed by atoms with Crippen molar-refractivity contribution < 1.29 is 0 Å². The number of rotatable bonds is 4. The molecule has 0 radical (unpaired) electrons. The third kappa shape index (κ3) is 3.37. The topological polar surface area (TPSA) is 45.8 Å². The first kappa shape index (κ1) is 16.1. The Morgan fingerprint density at radius 1 is 1.16 bits per heavy atom. The predicted octanol–water partition coefficient (Wildman–Crippen LogP) is 5.00. The summed E-state index contributed by atoms with van der Waals surface area (Å²) in [6.07, 6.45) is 8.70. The summed E-state index contributed by atoms with van der Waals surface area (Å²) in [4.78, 5) is 18.7. The number of hydrogen-bond acceptors (Lipinski definition) is 2. The van der Waals surface area contributed by atoms with Crippen LogP contribution in [-0.4, -0.2) is 9.97 Å². The smallest absolute Gasteiger partial charge is 0.247 e. The molecule has 0 amide bonds. The molecular weight excluding hydrogens is 308 g/mol. The van der Waals surface area contributed by atoms with Crippen LogP contribution in [0.4, 0.5) is 0 Å². The summed E-state index contributed by atoms with van der Waals surface area (Å²) in [5, 5.41) is 1.23. The third-order valence-electron chi connectivity index (χ3n) is 5.70. The number of nitrogens with zero attached hydrogens (tertiary/aromatic N) is 1. The molecule has 1 aromatic carbocycles. The molecule has 0 saturated heterocycles. The van der Waals surface area contributed by atoms with Crippen molar-refractivity contribution in [1.29, 1.82) is 0 Å². The summed E-state index contributed by atoms with van der Waals surface area (Å²) in [5.74, 6) is 1.84. The van der Waals surface area contributed by atoms with Gasteiger partial charge in [-0.1, -0.05) is 37.3 Å². The number of aromatic nitrogens is 2. The Hall–Kier alpha value is -2.42. The van der Waals surface area contributed by atoms with E-state index in [1.165, 1.54) is 42.2 Å². The zero-order chi connectivity index (χ0) is 17.2. The average molecular weight is 332 g/mol. The van der Waals surface area contributed by atoms with E-state index < -0.39 is 0 Å². The summed E-state index contributed by atoms with van der Waals surface area (Å²) >= 11 is 0. The minimum Gasteiger partial charge on any atom is -0.329 e. The van der Waals surface area contributed by atoms with Crippen molar-refractivity contribution >= 4 is 10.9 Å². The van der Waals surface area contributed by atoms with Crippen LogP contribution < -0.4 is 5.56 Å². The third-order valence-corrected chi connectivity index (χ3v) is 5.70. The maximum Gasteiger partial charge on any atom is 0.247 e. The SMILES string of the molecule is C[C@@H](CC1CC[C@H](c2ccc(=O)[nH]c2)C1)c1cccc2cccnc12. The molecule has 3 aromatic rings. The second-order valence-electron chi connectivity index (χ2n) is 7.42. The van der Waals surface area contributed by atoms with Gasteiger partial charge in [0.15, 0.2) is 0 Å². The van der Waals surface area contributed by atoms with Crippen LogP contribution in [0.1, 0.15) is 55.6 Å². The van der Waals surface area contributed by atoms with E-state index in [-0.39, 0.29) is 5.56 Å². The minimum absolute atomic E-state index is 0.0182. The summed E-state index contributed by atoms with van der Waals surface area (Å²) in [7, 11) is 0. The Morgan fingerprint density at radius 3 is 2.88 bits per heavy atom. The number of nitrogens with one attached hydrogen (secondary N) is 1. The predicted molar refractivity (Wildman–Crippen MR) is 102 cm³/mol. The van der Waals surface area contributed by atoms with E-state index in [1.807, 2.05) is 24.5 Å².